The van der Waals surface area contributed by atoms with Crippen LogP contribution in [0, 0.1) is 11.3 Å². The first-order valence-electron chi connectivity index (χ1n) is 10.3. The molecule has 27 heavy (non-hydrogen) atoms. The van der Waals surface area contributed by atoms with Crippen LogP contribution in [0.15, 0.2) is 4.99 Å². The summed E-state index contributed by atoms with van der Waals surface area (Å²) in [6, 6.07) is 0. The van der Waals surface area contributed by atoms with Gasteiger partial charge in [-0.1, -0.05) is 25.7 Å². The zero-order valence-corrected chi connectivity index (χ0v) is 20.1. The lowest BCUT2D eigenvalue weighted by Crippen LogP contribution is -2.51. The van der Waals surface area contributed by atoms with Crippen LogP contribution in [0.25, 0.3) is 0 Å². The fourth-order valence-corrected chi connectivity index (χ4v) is 6.03. The van der Waals surface area contributed by atoms with E-state index in [1.165, 1.54) is 57.6 Å². The van der Waals surface area contributed by atoms with E-state index in [2.05, 4.69) is 15.2 Å². The topological polar surface area (TPSA) is 65.0 Å². The number of nitrogens with one attached hydrogen (secondary N) is 1. The molecule has 0 aromatic carbocycles. The Bertz CT molecular complexity index is 603. The summed E-state index contributed by atoms with van der Waals surface area (Å²) in [6.07, 6.45) is 13.1. The normalized spacial score (nSPS) is 27.3. The number of hydrogen-bond acceptors (Lipinski definition) is 3. The summed E-state index contributed by atoms with van der Waals surface area (Å²) in [5, 5.41) is 3.55. The number of nitrogens with zero attached hydrogens (tertiary/aromatic N) is 3. The molecule has 0 amide bonds. The zero-order chi connectivity index (χ0) is 18.6. The minimum absolute atomic E-state index is 0. The van der Waals surface area contributed by atoms with Crippen molar-refractivity contribution in [3.63, 3.8) is 0 Å². The Morgan fingerprint density at radius 2 is 1.78 bits per heavy atom. The van der Waals surface area contributed by atoms with Gasteiger partial charge in [-0.3, -0.25) is 4.99 Å². The Balaban J connectivity index is 0.00000261. The third kappa shape index (κ3) is 6.19. The molecule has 1 unspecified atom stereocenters. The fourth-order valence-electron chi connectivity index (χ4n) is 5.11. The molecule has 1 atom stereocenters. The molecule has 3 fully saturated rings. The van der Waals surface area contributed by atoms with Crippen LogP contribution in [0.3, 0.4) is 0 Å². The lowest BCUT2D eigenvalue weighted by Gasteiger charge is -2.44. The average Bonchev–Trinajstić information content (AvgIpc) is 2.98. The van der Waals surface area contributed by atoms with Gasteiger partial charge in [-0.2, -0.15) is 0 Å². The third-order valence-electron chi connectivity index (χ3n) is 6.60. The third-order valence-corrected chi connectivity index (χ3v) is 7.87. The van der Waals surface area contributed by atoms with Gasteiger partial charge in [0.05, 0.1) is 6.26 Å². The Kier molecular flexibility index (Phi) is 8.67. The van der Waals surface area contributed by atoms with Gasteiger partial charge in [0, 0.05) is 39.8 Å². The van der Waals surface area contributed by atoms with E-state index in [0.29, 0.717) is 24.4 Å². The molecule has 8 heteroatoms. The lowest BCUT2D eigenvalue weighted by atomic mass is 9.74. The number of halogens is 1. The molecule has 2 saturated heterocycles. The zero-order valence-electron chi connectivity index (χ0n) is 17.0. The Morgan fingerprint density at radius 3 is 2.37 bits per heavy atom. The summed E-state index contributed by atoms with van der Waals surface area (Å²) in [7, 11) is -1.19. The average molecular weight is 513 g/mol. The highest BCUT2D eigenvalue weighted by Crippen LogP contribution is 2.42. The number of rotatable bonds is 3. The molecule has 0 bridgehead atoms. The van der Waals surface area contributed by atoms with Gasteiger partial charge in [0.15, 0.2) is 5.96 Å². The van der Waals surface area contributed by atoms with Crippen molar-refractivity contribution >= 4 is 40.0 Å². The first-order valence-corrected chi connectivity index (χ1v) is 12.2. The number of likely N-dealkylation sites (tertiary alicyclic amines) is 1. The van der Waals surface area contributed by atoms with E-state index in [9.17, 15) is 8.42 Å². The van der Waals surface area contributed by atoms with Gasteiger partial charge < -0.3 is 10.2 Å². The first-order chi connectivity index (χ1) is 12.4. The monoisotopic (exact) mass is 512 g/mol. The molecule has 1 N–H and O–H groups in total. The van der Waals surface area contributed by atoms with Gasteiger partial charge >= 0.3 is 0 Å². The van der Waals surface area contributed by atoms with Crippen molar-refractivity contribution in [3.8, 4) is 0 Å². The molecular formula is C19H37IN4O2S. The predicted octanol–water partition coefficient (Wildman–Crippen LogP) is 2.90. The van der Waals surface area contributed by atoms with Crippen molar-refractivity contribution in [2.45, 2.75) is 57.8 Å². The smallest absolute Gasteiger partial charge is 0.211 e. The van der Waals surface area contributed by atoms with Crippen LogP contribution in [0.4, 0.5) is 0 Å². The second kappa shape index (κ2) is 10.1. The fraction of sp³-hybridized carbons (Fsp3) is 0.947. The van der Waals surface area contributed by atoms with Crippen molar-refractivity contribution in [1.82, 2.24) is 14.5 Å². The maximum Gasteiger partial charge on any atom is 0.211 e. The molecule has 3 rings (SSSR count). The number of sulfonamides is 1. The highest BCUT2D eigenvalue weighted by atomic mass is 127. The van der Waals surface area contributed by atoms with E-state index in [1.54, 1.807) is 4.31 Å². The maximum absolute atomic E-state index is 11.7. The second-order valence-electron chi connectivity index (χ2n) is 8.64. The molecule has 0 aromatic rings. The van der Waals surface area contributed by atoms with Gasteiger partial charge in [0.2, 0.25) is 10.0 Å². The van der Waals surface area contributed by atoms with E-state index in [1.807, 2.05) is 7.05 Å². The minimum Gasteiger partial charge on any atom is -0.356 e. The largest absolute Gasteiger partial charge is 0.356 e. The molecule has 1 aliphatic carbocycles. The van der Waals surface area contributed by atoms with Crippen LogP contribution < -0.4 is 5.32 Å². The number of guanidine groups is 1. The van der Waals surface area contributed by atoms with Gasteiger partial charge in [0.25, 0.3) is 0 Å². The standard InChI is InChI=1S/C19H36N4O2S.HI/c1-20-18(21-14-17-8-13-23(15-17)26(2,24)25)22-12-7-11-19(16-22)9-5-3-4-6-10-19;/h17H,3-16H2,1-2H3,(H,20,21);1H. The van der Waals surface area contributed by atoms with E-state index < -0.39 is 10.0 Å². The van der Waals surface area contributed by atoms with Crippen molar-refractivity contribution in [1.29, 1.82) is 0 Å². The second-order valence-corrected chi connectivity index (χ2v) is 10.6. The highest BCUT2D eigenvalue weighted by Gasteiger charge is 2.37. The summed E-state index contributed by atoms with van der Waals surface area (Å²) in [4.78, 5) is 7.00. The van der Waals surface area contributed by atoms with Crippen molar-refractivity contribution in [3.05, 3.63) is 0 Å². The van der Waals surface area contributed by atoms with Crippen LogP contribution >= 0.6 is 24.0 Å². The summed E-state index contributed by atoms with van der Waals surface area (Å²) in [5.74, 6) is 1.38. The summed E-state index contributed by atoms with van der Waals surface area (Å²) >= 11 is 0. The van der Waals surface area contributed by atoms with Gasteiger partial charge in [-0.25, -0.2) is 12.7 Å². The number of aliphatic imine (C=N–C) groups is 1. The molecule has 0 aromatic heterocycles. The quantitative estimate of drug-likeness (QED) is 0.359. The lowest BCUT2D eigenvalue weighted by molar-refractivity contribution is 0.115. The summed E-state index contributed by atoms with van der Waals surface area (Å²) < 4.78 is 25.0. The van der Waals surface area contributed by atoms with Gasteiger partial charge in [0.1, 0.15) is 0 Å². The van der Waals surface area contributed by atoms with Crippen LogP contribution in [0.2, 0.25) is 0 Å². The number of piperidine rings is 1. The summed E-state index contributed by atoms with van der Waals surface area (Å²) in [6.45, 7) is 4.31. The molecule has 1 spiro atoms. The van der Waals surface area contributed by atoms with Crippen molar-refractivity contribution in [2.75, 3.05) is 46.0 Å². The highest BCUT2D eigenvalue weighted by molar-refractivity contribution is 14.0. The van der Waals surface area contributed by atoms with Gasteiger partial charge in [-0.15, -0.1) is 24.0 Å². The predicted molar refractivity (Wildman–Crippen MR) is 122 cm³/mol. The molecule has 2 heterocycles. The molecule has 158 valence electrons. The van der Waals surface area contributed by atoms with E-state index >= 15 is 0 Å². The van der Waals surface area contributed by atoms with E-state index in [-0.39, 0.29) is 24.0 Å². The summed E-state index contributed by atoms with van der Waals surface area (Å²) in [5.41, 5.74) is 0.493. The molecule has 2 aliphatic heterocycles. The Morgan fingerprint density at radius 1 is 1.11 bits per heavy atom. The van der Waals surface area contributed by atoms with Crippen LogP contribution in [0.5, 0.6) is 0 Å². The van der Waals surface area contributed by atoms with Crippen LogP contribution in [-0.2, 0) is 10.0 Å². The molecular weight excluding hydrogens is 475 g/mol. The first kappa shape index (κ1) is 23.2. The Hall–Kier alpha value is -0.0900. The van der Waals surface area contributed by atoms with Crippen molar-refractivity contribution in [2.24, 2.45) is 16.3 Å². The number of hydrogen-bond donors (Lipinski definition) is 1. The Labute approximate surface area is 182 Å². The molecule has 6 nitrogen and oxygen atoms in total. The van der Waals surface area contributed by atoms with E-state index in [4.69, 9.17) is 0 Å². The van der Waals surface area contributed by atoms with E-state index in [0.717, 1.165) is 32.0 Å². The molecule has 0 radical (unpaired) electrons. The van der Waals surface area contributed by atoms with Crippen LogP contribution in [0.1, 0.15) is 57.8 Å². The molecule has 3 aliphatic rings. The van der Waals surface area contributed by atoms with Gasteiger partial charge in [-0.05, 0) is 43.4 Å². The molecule has 1 saturated carbocycles. The van der Waals surface area contributed by atoms with Crippen LogP contribution in [-0.4, -0.2) is 69.6 Å². The van der Waals surface area contributed by atoms with Crippen molar-refractivity contribution < 1.29 is 8.42 Å². The minimum atomic E-state index is -3.06. The maximum atomic E-state index is 11.7. The SMILES string of the molecule is CN=C(NCC1CCN(S(C)(=O)=O)C1)N1CCCC2(CCCCCC2)C1.I.